The molecule has 0 aliphatic carbocycles. The van der Waals surface area contributed by atoms with E-state index in [1.165, 1.54) is 18.6 Å². The molecular formula is C19H20F3N5O. The van der Waals surface area contributed by atoms with Gasteiger partial charge < -0.3 is 4.90 Å². The molecule has 1 atom stereocenters. The third-order valence-electron chi connectivity index (χ3n) is 4.96. The van der Waals surface area contributed by atoms with Crippen LogP contribution in [0.2, 0.25) is 0 Å². The van der Waals surface area contributed by atoms with Gasteiger partial charge in [-0.05, 0) is 30.9 Å². The van der Waals surface area contributed by atoms with Gasteiger partial charge in [-0.1, -0.05) is 6.92 Å². The molecule has 3 aromatic heterocycles. The van der Waals surface area contributed by atoms with Crippen molar-refractivity contribution >= 4 is 16.9 Å². The van der Waals surface area contributed by atoms with E-state index < -0.39 is 12.7 Å². The lowest BCUT2D eigenvalue weighted by molar-refractivity contribution is -0.142. The molecule has 3 aromatic rings. The molecule has 1 saturated heterocycles. The number of carbonyl (C=O) groups excluding carboxylic acids is 1. The van der Waals surface area contributed by atoms with E-state index in [1.807, 2.05) is 4.90 Å². The van der Waals surface area contributed by atoms with Crippen LogP contribution in [0.1, 0.15) is 30.1 Å². The molecule has 0 saturated carbocycles. The number of amides is 1. The van der Waals surface area contributed by atoms with Gasteiger partial charge in [-0.2, -0.15) is 18.3 Å². The molecule has 1 aliphatic rings. The normalized spacial score (nSPS) is 18.0. The van der Waals surface area contributed by atoms with Gasteiger partial charge in [0.05, 0.1) is 17.4 Å². The number of aromatic nitrogens is 4. The van der Waals surface area contributed by atoms with Crippen LogP contribution in [-0.4, -0.2) is 49.4 Å². The molecule has 6 nitrogen and oxygen atoms in total. The number of fused-ring (bicyclic) bond motifs is 1. The van der Waals surface area contributed by atoms with Crippen LogP contribution in [0.15, 0.2) is 36.9 Å². The molecule has 0 N–H and O–H groups in total. The zero-order chi connectivity index (χ0) is 19.9. The molecule has 0 unspecified atom stereocenters. The van der Waals surface area contributed by atoms with E-state index in [1.54, 1.807) is 22.9 Å². The molecule has 0 aromatic carbocycles. The minimum absolute atomic E-state index is 0.0355. The lowest BCUT2D eigenvalue weighted by atomic mass is 9.99. The van der Waals surface area contributed by atoms with Crippen LogP contribution in [0.4, 0.5) is 13.2 Å². The largest absolute Gasteiger partial charge is 0.408 e. The van der Waals surface area contributed by atoms with Gasteiger partial charge in [-0.3, -0.25) is 14.0 Å². The summed E-state index contributed by atoms with van der Waals surface area (Å²) in [6, 6.07) is 3.57. The SMILES string of the molecule is C[C@H]1CCCN(C(=O)c2cnc3c(ccn3-c3cnn(CC(F)(F)F)c3)c2)C1. The summed E-state index contributed by atoms with van der Waals surface area (Å²) in [4.78, 5) is 19.0. The number of hydrogen-bond acceptors (Lipinski definition) is 3. The van der Waals surface area contributed by atoms with E-state index in [4.69, 9.17) is 0 Å². The summed E-state index contributed by atoms with van der Waals surface area (Å²) >= 11 is 0. The van der Waals surface area contributed by atoms with Crippen LogP contribution in [0.3, 0.4) is 0 Å². The van der Waals surface area contributed by atoms with Crippen molar-refractivity contribution < 1.29 is 18.0 Å². The molecular weight excluding hydrogens is 371 g/mol. The number of pyridine rings is 1. The van der Waals surface area contributed by atoms with Crippen molar-refractivity contribution in [3.63, 3.8) is 0 Å². The maximum atomic E-state index is 12.8. The molecule has 0 spiro atoms. The lowest BCUT2D eigenvalue weighted by Crippen LogP contribution is -2.39. The van der Waals surface area contributed by atoms with Gasteiger partial charge in [0, 0.05) is 37.1 Å². The topological polar surface area (TPSA) is 56.0 Å². The minimum Gasteiger partial charge on any atom is -0.338 e. The number of halogens is 3. The molecule has 0 bridgehead atoms. The fraction of sp³-hybridized carbons (Fsp3) is 0.421. The molecule has 1 aliphatic heterocycles. The average molecular weight is 391 g/mol. The fourth-order valence-corrected chi connectivity index (χ4v) is 3.65. The quantitative estimate of drug-likeness (QED) is 0.685. The average Bonchev–Trinajstić information content (AvgIpc) is 3.25. The Hall–Kier alpha value is -2.84. The van der Waals surface area contributed by atoms with Gasteiger partial charge in [-0.15, -0.1) is 0 Å². The van der Waals surface area contributed by atoms with Crippen LogP contribution in [0.25, 0.3) is 16.7 Å². The Morgan fingerprint density at radius 2 is 2.14 bits per heavy atom. The van der Waals surface area contributed by atoms with E-state index in [0.29, 0.717) is 22.8 Å². The third kappa shape index (κ3) is 3.74. The van der Waals surface area contributed by atoms with Gasteiger partial charge in [0.2, 0.25) is 0 Å². The summed E-state index contributed by atoms with van der Waals surface area (Å²) in [6.07, 6.45) is 3.72. The summed E-state index contributed by atoms with van der Waals surface area (Å²) in [5.74, 6) is 0.454. The van der Waals surface area contributed by atoms with E-state index in [9.17, 15) is 18.0 Å². The summed E-state index contributed by atoms with van der Waals surface area (Å²) in [5.41, 5.74) is 1.57. The van der Waals surface area contributed by atoms with Crippen LogP contribution in [0.5, 0.6) is 0 Å². The highest BCUT2D eigenvalue weighted by molar-refractivity contribution is 5.97. The number of alkyl halides is 3. The van der Waals surface area contributed by atoms with E-state index in [2.05, 4.69) is 17.0 Å². The van der Waals surface area contributed by atoms with Gasteiger partial charge in [0.1, 0.15) is 12.2 Å². The number of nitrogens with zero attached hydrogens (tertiary/aromatic N) is 5. The number of carbonyl (C=O) groups is 1. The monoisotopic (exact) mass is 391 g/mol. The van der Waals surface area contributed by atoms with E-state index in [-0.39, 0.29) is 5.91 Å². The number of hydrogen-bond donors (Lipinski definition) is 0. The van der Waals surface area contributed by atoms with Crippen LogP contribution < -0.4 is 0 Å². The highest BCUT2D eigenvalue weighted by Crippen LogP contribution is 2.23. The van der Waals surface area contributed by atoms with Crippen molar-refractivity contribution in [3.8, 4) is 5.69 Å². The van der Waals surface area contributed by atoms with E-state index in [0.717, 1.165) is 36.0 Å². The predicted molar refractivity (Wildman–Crippen MR) is 97.2 cm³/mol. The molecule has 4 rings (SSSR count). The zero-order valence-electron chi connectivity index (χ0n) is 15.4. The van der Waals surface area contributed by atoms with E-state index >= 15 is 0 Å². The Balaban J connectivity index is 1.59. The summed E-state index contributed by atoms with van der Waals surface area (Å²) < 4.78 is 40.1. The van der Waals surface area contributed by atoms with Crippen molar-refractivity contribution in [1.29, 1.82) is 0 Å². The Kier molecular flexibility index (Phi) is 4.60. The Bertz CT molecular complexity index is 1010. The minimum atomic E-state index is -4.33. The summed E-state index contributed by atoms with van der Waals surface area (Å²) in [7, 11) is 0. The van der Waals surface area contributed by atoms with Crippen molar-refractivity contribution in [2.75, 3.05) is 13.1 Å². The van der Waals surface area contributed by atoms with Crippen molar-refractivity contribution in [2.45, 2.75) is 32.5 Å². The van der Waals surface area contributed by atoms with Crippen molar-refractivity contribution in [1.82, 2.24) is 24.2 Å². The second kappa shape index (κ2) is 6.96. The number of rotatable bonds is 3. The summed E-state index contributed by atoms with van der Waals surface area (Å²) in [5, 5.41) is 4.52. The van der Waals surface area contributed by atoms with Gasteiger partial charge >= 0.3 is 6.18 Å². The standard InChI is InChI=1S/C19H20F3N5O/c1-13-3-2-5-25(10-13)18(28)15-7-14-4-6-27(17(14)23-8-15)16-9-24-26(11-16)12-19(20,21)22/h4,6-9,11,13H,2-3,5,10,12H2,1H3/t13-/m0/s1. The first-order valence-electron chi connectivity index (χ1n) is 9.16. The van der Waals surface area contributed by atoms with Gasteiger partial charge in [-0.25, -0.2) is 4.98 Å². The zero-order valence-corrected chi connectivity index (χ0v) is 15.4. The first-order chi connectivity index (χ1) is 13.3. The van der Waals surface area contributed by atoms with Crippen LogP contribution >= 0.6 is 0 Å². The second-order valence-electron chi connectivity index (χ2n) is 7.33. The highest BCUT2D eigenvalue weighted by atomic mass is 19.4. The van der Waals surface area contributed by atoms with Crippen LogP contribution in [0, 0.1) is 5.92 Å². The maximum absolute atomic E-state index is 12.8. The van der Waals surface area contributed by atoms with Gasteiger partial charge in [0.25, 0.3) is 5.91 Å². The number of likely N-dealkylation sites (tertiary alicyclic amines) is 1. The maximum Gasteiger partial charge on any atom is 0.408 e. The Morgan fingerprint density at radius 3 is 2.89 bits per heavy atom. The molecule has 1 fully saturated rings. The van der Waals surface area contributed by atoms with Crippen LogP contribution in [-0.2, 0) is 6.54 Å². The highest BCUT2D eigenvalue weighted by Gasteiger charge is 2.28. The lowest BCUT2D eigenvalue weighted by Gasteiger charge is -2.30. The summed E-state index contributed by atoms with van der Waals surface area (Å²) in [6.45, 7) is 2.49. The molecule has 1 amide bonds. The predicted octanol–water partition coefficient (Wildman–Crippen LogP) is 3.66. The molecule has 4 heterocycles. The first kappa shape index (κ1) is 18.5. The van der Waals surface area contributed by atoms with Gasteiger partial charge in [0.15, 0.2) is 0 Å². The third-order valence-corrected chi connectivity index (χ3v) is 4.96. The molecule has 9 heteroatoms. The van der Waals surface area contributed by atoms with Crippen molar-refractivity contribution in [3.05, 3.63) is 42.5 Å². The molecule has 0 radical (unpaired) electrons. The smallest absolute Gasteiger partial charge is 0.338 e. The Morgan fingerprint density at radius 1 is 1.32 bits per heavy atom. The Labute approximate surface area is 159 Å². The van der Waals surface area contributed by atoms with Crippen molar-refractivity contribution in [2.24, 2.45) is 5.92 Å². The second-order valence-corrected chi connectivity index (χ2v) is 7.33. The first-order valence-corrected chi connectivity index (χ1v) is 9.16. The molecule has 28 heavy (non-hydrogen) atoms. The molecule has 148 valence electrons. The number of piperidine rings is 1. The fourth-order valence-electron chi connectivity index (χ4n) is 3.65.